The fourth-order valence-corrected chi connectivity index (χ4v) is 3.58. The second kappa shape index (κ2) is 4.96. The molecule has 2 fully saturated rings. The number of hydrogen-bond donors (Lipinski definition) is 1. The average molecular weight is 280 g/mol. The number of carbonyl (C=O) groups is 1. The van der Waals surface area contributed by atoms with Gasteiger partial charge in [-0.2, -0.15) is 13.2 Å². The summed E-state index contributed by atoms with van der Waals surface area (Å²) in [5.41, 5.74) is -0.979. The van der Waals surface area contributed by atoms with Crippen LogP contribution in [0.25, 0.3) is 0 Å². The van der Waals surface area contributed by atoms with Gasteiger partial charge < -0.3 is 9.84 Å². The SMILES string of the molecule is C[C@H]1CCC[C@H]2[C@H](OC(=O)C(F)(F)F)CCC[C@]12O. The van der Waals surface area contributed by atoms with Crippen molar-refractivity contribution in [3.63, 3.8) is 0 Å². The zero-order chi connectivity index (χ0) is 14.3. The van der Waals surface area contributed by atoms with Gasteiger partial charge in [-0.05, 0) is 38.0 Å². The molecule has 0 aromatic carbocycles. The van der Waals surface area contributed by atoms with Gasteiger partial charge in [0.15, 0.2) is 0 Å². The summed E-state index contributed by atoms with van der Waals surface area (Å²) in [7, 11) is 0. The van der Waals surface area contributed by atoms with Crippen molar-refractivity contribution < 1.29 is 27.8 Å². The van der Waals surface area contributed by atoms with Crippen molar-refractivity contribution in [2.24, 2.45) is 11.8 Å². The third kappa shape index (κ3) is 2.73. The molecule has 0 radical (unpaired) electrons. The molecule has 4 atom stereocenters. The zero-order valence-corrected chi connectivity index (χ0v) is 10.9. The third-order valence-electron chi connectivity index (χ3n) is 4.65. The summed E-state index contributed by atoms with van der Waals surface area (Å²) in [4.78, 5) is 11.0. The summed E-state index contributed by atoms with van der Waals surface area (Å²) in [6, 6.07) is 0. The highest BCUT2D eigenvalue weighted by molar-refractivity contribution is 5.75. The van der Waals surface area contributed by atoms with E-state index in [4.69, 9.17) is 0 Å². The van der Waals surface area contributed by atoms with Crippen LogP contribution in [0.3, 0.4) is 0 Å². The quantitative estimate of drug-likeness (QED) is 0.751. The first-order valence-corrected chi connectivity index (χ1v) is 6.75. The highest BCUT2D eigenvalue weighted by Crippen LogP contribution is 2.48. The Hall–Kier alpha value is -0.780. The molecule has 0 unspecified atom stereocenters. The molecule has 0 spiro atoms. The number of rotatable bonds is 1. The van der Waals surface area contributed by atoms with Gasteiger partial charge in [0, 0.05) is 5.92 Å². The van der Waals surface area contributed by atoms with E-state index >= 15 is 0 Å². The van der Waals surface area contributed by atoms with Crippen LogP contribution in [0.1, 0.15) is 45.4 Å². The van der Waals surface area contributed by atoms with Crippen molar-refractivity contribution in [3.8, 4) is 0 Å². The molecule has 0 aliphatic heterocycles. The van der Waals surface area contributed by atoms with Crippen LogP contribution in [0.2, 0.25) is 0 Å². The van der Waals surface area contributed by atoms with Crippen molar-refractivity contribution in [1.82, 2.24) is 0 Å². The maximum Gasteiger partial charge on any atom is 0.490 e. The van der Waals surface area contributed by atoms with Gasteiger partial charge in [-0.15, -0.1) is 0 Å². The normalized spacial score (nSPS) is 39.5. The molecule has 0 bridgehead atoms. The Balaban J connectivity index is 2.11. The van der Waals surface area contributed by atoms with Gasteiger partial charge in [-0.1, -0.05) is 13.3 Å². The predicted molar refractivity (Wildman–Crippen MR) is 61.2 cm³/mol. The predicted octanol–water partition coefficient (Wildman–Crippen LogP) is 2.81. The van der Waals surface area contributed by atoms with Crippen LogP contribution >= 0.6 is 0 Å². The third-order valence-corrected chi connectivity index (χ3v) is 4.65. The molecular weight excluding hydrogens is 261 g/mol. The largest absolute Gasteiger partial charge is 0.490 e. The number of esters is 1. The number of hydrogen-bond acceptors (Lipinski definition) is 3. The van der Waals surface area contributed by atoms with Crippen molar-refractivity contribution in [3.05, 3.63) is 0 Å². The molecule has 0 heterocycles. The van der Waals surface area contributed by atoms with Gasteiger partial charge in [0.25, 0.3) is 0 Å². The second-order valence-corrected chi connectivity index (χ2v) is 5.76. The topological polar surface area (TPSA) is 46.5 Å². The van der Waals surface area contributed by atoms with Crippen LogP contribution < -0.4 is 0 Å². The van der Waals surface area contributed by atoms with Gasteiger partial charge in [0.2, 0.25) is 0 Å². The Morgan fingerprint density at radius 1 is 1.26 bits per heavy atom. The van der Waals surface area contributed by atoms with Crippen molar-refractivity contribution in [1.29, 1.82) is 0 Å². The lowest BCUT2D eigenvalue weighted by Crippen LogP contribution is -2.55. The molecule has 3 nitrogen and oxygen atoms in total. The van der Waals surface area contributed by atoms with Gasteiger partial charge in [-0.25, -0.2) is 4.79 Å². The average Bonchev–Trinajstić information content (AvgIpc) is 2.30. The summed E-state index contributed by atoms with van der Waals surface area (Å²) in [5, 5.41) is 10.7. The van der Waals surface area contributed by atoms with E-state index in [0.29, 0.717) is 25.7 Å². The number of halogens is 3. The van der Waals surface area contributed by atoms with E-state index in [2.05, 4.69) is 4.74 Å². The van der Waals surface area contributed by atoms with E-state index in [-0.39, 0.29) is 11.8 Å². The number of fused-ring (bicyclic) bond motifs is 1. The Bertz CT molecular complexity index is 356. The lowest BCUT2D eigenvalue weighted by molar-refractivity contribution is -0.221. The molecule has 6 heteroatoms. The maximum absolute atomic E-state index is 12.3. The van der Waals surface area contributed by atoms with Crippen molar-refractivity contribution in [2.45, 2.75) is 63.3 Å². The summed E-state index contributed by atoms with van der Waals surface area (Å²) < 4.78 is 41.4. The molecule has 0 saturated heterocycles. The minimum Gasteiger partial charge on any atom is -0.455 e. The van der Waals surface area contributed by atoms with Gasteiger partial charge in [-0.3, -0.25) is 0 Å². The van der Waals surface area contributed by atoms with E-state index in [1.807, 2.05) is 6.92 Å². The standard InChI is InChI=1S/C13H19F3O3/c1-8-4-2-5-9-10(6-3-7-12(8,9)18)19-11(17)13(14,15)16/h8-10,18H,2-7H2,1H3/t8-,9-,10+,12-/m0/s1. The fraction of sp³-hybridized carbons (Fsp3) is 0.923. The first-order valence-electron chi connectivity index (χ1n) is 6.75. The summed E-state index contributed by atoms with van der Waals surface area (Å²) in [5.74, 6) is -2.46. The monoisotopic (exact) mass is 280 g/mol. The molecule has 2 rings (SSSR count). The number of aliphatic hydroxyl groups is 1. The Morgan fingerprint density at radius 3 is 2.58 bits per heavy atom. The molecular formula is C13H19F3O3. The summed E-state index contributed by atoms with van der Waals surface area (Å²) >= 11 is 0. The molecule has 19 heavy (non-hydrogen) atoms. The molecule has 2 aliphatic rings. The highest BCUT2D eigenvalue weighted by atomic mass is 19.4. The van der Waals surface area contributed by atoms with E-state index in [9.17, 15) is 23.1 Å². The van der Waals surface area contributed by atoms with Gasteiger partial charge >= 0.3 is 12.1 Å². The second-order valence-electron chi connectivity index (χ2n) is 5.76. The van der Waals surface area contributed by atoms with Crippen LogP contribution in [0.4, 0.5) is 13.2 Å². The van der Waals surface area contributed by atoms with E-state index in [1.165, 1.54) is 0 Å². The smallest absolute Gasteiger partial charge is 0.455 e. The number of alkyl halides is 3. The lowest BCUT2D eigenvalue weighted by atomic mass is 9.61. The van der Waals surface area contributed by atoms with Crippen LogP contribution in [0.15, 0.2) is 0 Å². The molecule has 1 N–H and O–H groups in total. The molecule has 2 saturated carbocycles. The van der Waals surface area contributed by atoms with Crippen molar-refractivity contribution in [2.75, 3.05) is 0 Å². The minimum atomic E-state index is -4.96. The molecule has 0 amide bonds. The zero-order valence-electron chi connectivity index (χ0n) is 10.9. The fourth-order valence-electron chi connectivity index (χ4n) is 3.58. The first-order chi connectivity index (χ1) is 8.75. The molecule has 2 aliphatic carbocycles. The van der Waals surface area contributed by atoms with Crippen molar-refractivity contribution >= 4 is 5.97 Å². The van der Waals surface area contributed by atoms with E-state index in [1.54, 1.807) is 0 Å². The molecule has 110 valence electrons. The molecule has 0 aromatic rings. The van der Waals surface area contributed by atoms with Crippen LogP contribution in [0, 0.1) is 11.8 Å². The first kappa shape index (κ1) is 14.6. The van der Waals surface area contributed by atoms with E-state index in [0.717, 1.165) is 12.8 Å². The van der Waals surface area contributed by atoms with Crippen LogP contribution in [-0.4, -0.2) is 29.0 Å². The van der Waals surface area contributed by atoms with Crippen LogP contribution in [0.5, 0.6) is 0 Å². The number of carbonyl (C=O) groups excluding carboxylic acids is 1. The Morgan fingerprint density at radius 2 is 1.95 bits per heavy atom. The highest BCUT2D eigenvalue weighted by Gasteiger charge is 2.52. The molecule has 0 aromatic heterocycles. The lowest BCUT2D eigenvalue weighted by Gasteiger charge is -2.50. The minimum absolute atomic E-state index is 0.0404. The van der Waals surface area contributed by atoms with Crippen LogP contribution in [-0.2, 0) is 9.53 Å². The maximum atomic E-state index is 12.3. The summed E-state index contributed by atoms with van der Waals surface area (Å²) in [6.07, 6.45) is -1.85. The Labute approximate surface area is 110 Å². The van der Waals surface area contributed by atoms with Gasteiger partial charge in [0.1, 0.15) is 6.10 Å². The van der Waals surface area contributed by atoms with Gasteiger partial charge in [0.05, 0.1) is 5.60 Å². The Kier molecular flexibility index (Phi) is 3.82. The summed E-state index contributed by atoms with van der Waals surface area (Å²) in [6.45, 7) is 1.92. The van der Waals surface area contributed by atoms with E-state index < -0.39 is 23.9 Å². The number of ether oxygens (including phenoxy) is 1.